The number of hydrogen-bond donors (Lipinski definition) is 1. The van der Waals surface area contributed by atoms with Crippen molar-refractivity contribution < 1.29 is 4.39 Å². The summed E-state index contributed by atoms with van der Waals surface area (Å²) in [6.45, 7) is 2.25. The Kier molecular flexibility index (Phi) is 2.79. The molecule has 1 fully saturated rings. The van der Waals surface area contributed by atoms with Gasteiger partial charge in [0.2, 0.25) is 0 Å². The lowest BCUT2D eigenvalue weighted by molar-refractivity contribution is 0.419. The molecule has 2 rings (SSSR count). The van der Waals surface area contributed by atoms with Gasteiger partial charge in [-0.1, -0.05) is 19.1 Å². The molecule has 0 saturated heterocycles. The summed E-state index contributed by atoms with van der Waals surface area (Å²) in [6, 6.07) is 6.70. The van der Waals surface area contributed by atoms with Crippen molar-refractivity contribution in [3.05, 3.63) is 35.6 Å². The molecule has 0 amide bonds. The molecular weight excluding hydrogens is 189 g/mol. The molecular formula is C13H18FN. The number of nitrogens with two attached hydrogens (primary N) is 1. The Labute approximate surface area is 90.5 Å². The number of hydrogen-bond acceptors (Lipinski definition) is 1. The fraction of sp³-hybridized carbons (Fsp3) is 0.538. The summed E-state index contributed by atoms with van der Waals surface area (Å²) in [7, 11) is 0. The molecule has 82 valence electrons. The lowest BCUT2D eigenvalue weighted by Gasteiger charge is -2.24. The maximum atomic E-state index is 12.7. The van der Waals surface area contributed by atoms with Crippen molar-refractivity contribution in [1.29, 1.82) is 0 Å². The van der Waals surface area contributed by atoms with E-state index in [1.54, 1.807) is 0 Å². The molecule has 2 atom stereocenters. The molecule has 15 heavy (non-hydrogen) atoms. The molecule has 2 N–H and O–H groups in total. The maximum absolute atomic E-state index is 12.7. The van der Waals surface area contributed by atoms with Crippen LogP contribution in [0.2, 0.25) is 0 Å². The van der Waals surface area contributed by atoms with Crippen molar-refractivity contribution in [3.63, 3.8) is 0 Å². The Morgan fingerprint density at radius 3 is 2.60 bits per heavy atom. The van der Waals surface area contributed by atoms with Crippen molar-refractivity contribution in [2.75, 3.05) is 0 Å². The summed E-state index contributed by atoms with van der Waals surface area (Å²) in [5, 5.41) is 0. The topological polar surface area (TPSA) is 26.0 Å². The number of rotatable bonds is 2. The van der Waals surface area contributed by atoms with E-state index < -0.39 is 0 Å². The first kappa shape index (κ1) is 10.6. The Balaban J connectivity index is 2.05. The second-order valence-corrected chi connectivity index (χ2v) is 5.01. The summed E-state index contributed by atoms with van der Waals surface area (Å²) < 4.78 is 12.7. The summed E-state index contributed by atoms with van der Waals surface area (Å²) >= 11 is 0. The van der Waals surface area contributed by atoms with Gasteiger partial charge in [0.15, 0.2) is 0 Å². The van der Waals surface area contributed by atoms with Gasteiger partial charge < -0.3 is 5.73 Å². The first-order valence-electron chi connectivity index (χ1n) is 5.61. The maximum Gasteiger partial charge on any atom is 0.123 e. The minimum Gasteiger partial charge on any atom is -0.325 e. The van der Waals surface area contributed by atoms with Crippen LogP contribution < -0.4 is 5.73 Å². The third-order valence-electron chi connectivity index (χ3n) is 3.36. The molecule has 0 radical (unpaired) electrons. The Bertz CT molecular complexity index is 333. The summed E-state index contributed by atoms with van der Waals surface area (Å²) in [6.07, 6.45) is 4.27. The van der Waals surface area contributed by atoms with Crippen LogP contribution in [0, 0.1) is 11.7 Å². The van der Waals surface area contributed by atoms with Crippen LogP contribution in [0.4, 0.5) is 4.39 Å². The van der Waals surface area contributed by atoms with Gasteiger partial charge in [0.05, 0.1) is 0 Å². The highest BCUT2D eigenvalue weighted by Gasteiger charge is 2.33. The molecule has 1 saturated carbocycles. The van der Waals surface area contributed by atoms with E-state index in [1.807, 2.05) is 12.1 Å². The average Bonchev–Trinajstić information content (AvgIpc) is 2.50. The highest BCUT2D eigenvalue weighted by molar-refractivity contribution is 5.19. The van der Waals surface area contributed by atoms with Crippen LogP contribution in [0.25, 0.3) is 0 Å². The van der Waals surface area contributed by atoms with Crippen LogP contribution in [-0.2, 0) is 6.42 Å². The fourth-order valence-electron chi connectivity index (χ4n) is 2.60. The van der Waals surface area contributed by atoms with Gasteiger partial charge in [0.1, 0.15) is 5.82 Å². The van der Waals surface area contributed by atoms with Crippen molar-refractivity contribution in [2.45, 2.75) is 38.1 Å². The van der Waals surface area contributed by atoms with Gasteiger partial charge in [-0.05, 0) is 49.3 Å². The normalized spacial score (nSPS) is 30.7. The third kappa shape index (κ3) is 2.57. The monoisotopic (exact) mass is 207 g/mol. The van der Waals surface area contributed by atoms with E-state index >= 15 is 0 Å². The lowest BCUT2D eigenvalue weighted by atomic mass is 9.89. The first-order chi connectivity index (χ1) is 7.07. The van der Waals surface area contributed by atoms with Gasteiger partial charge in [0.25, 0.3) is 0 Å². The number of halogens is 1. The molecule has 0 heterocycles. The summed E-state index contributed by atoms with van der Waals surface area (Å²) in [5.74, 6) is 0.556. The van der Waals surface area contributed by atoms with E-state index in [2.05, 4.69) is 6.92 Å². The largest absolute Gasteiger partial charge is 0.325 e. The van der Waals surface area contributed by atoms with Gasteiger partial charge in [-0.25, -0.2) is 4.39 Å². The van der Waals surface area contributed by atoms with Crippen LogP contribution in [0.5, 0.6) is 0 Å². The van der Waals surface area contributed by atoms with E-state index in [4.69, 9.17) is 5.73 Å². The van der Waals surface area contributed by atoms with Crippen LogP contribution >= 0.6 is 0 Å². The molecule has 1 nitrogen and oxygen atoms in total. The SMILES string of the molecule is CC1CCC(N)(Cc2ccc(F)cc2)C1. The van der Waals surface area contributed by atoms with Crippen molar-refractivity contribution in [3.8, 4) is 0 Å². The zero-order valence-corrected chi connectivity index (χ0v) is 9.17. The molecule has 1 aromatic rings. The molecule has 2 unspecified atom stereocenters. The molecule has 1 aliphatic carbocycles. The predicted octanol–water partition coefficient (Wildman–Crippen LogP) is 2.89. The third-order valence-corrected chi connectivity index (χ3v) is 3.36. The molecule has 1 aliphatic rings. The average molecular weight is 207 g/mol. The zero-order chi connectivity index (χ0) is 10.9. The Hall–Kier alpha value is -0.890. The van der Waals surface area contributed by atoms with E-state index in [0.29, 0.717) is 0 Å². The van der Waals surface area contributed by atoms with E-state index in [0.717, 1.165) is 30.7 Å². The van der Waals surface area contributed by atoms with E-state index in [1.165, 1.54) is 18.6 Å². The second-order valence-electron chi connectivity index (χ2n) is 5.01. The molecule has 1 aromatic carbocycles. The van der Waals surface area contributed by atoms with Gasteiger partial charge in [0, 0.05) is 5.54 Å². The van der Waals surface area contributed by atoms with Crippen LogP contribution in [0.1, 0.15) is 31.7 Å². The second kappa shape index (κ2) is 3.93. The summed E-state index contributed by atoms with van der Waals surface area (Å²) in [4.78, 5) is 0. The van der Waals surface area contributed by atoms with Crippen molar-refractivity contribution in [1.82, 2.24) is 0 Å². The van der Waals surface area contributed by atoms with Crippen LogP contribution in [0.3, 0.4) is 0 Å². The van der Waals surface area contributed by atoms with Gasteiger partial charge in [-0.3, -0.25) is 0 Å². The highest BCUT2D eigenvalue weighted by atomic mass is 19.1. The summed E-state index contributed by atoms with van der Waals surface area (Å²) in [5.41, 5.74) is 7.41. The Morgan fingerprint density at radius 2 is 2.07 bits per heavy atom. The zero-order valence-electron chi connectivity index (χ0n) is 9.17. The van der Waals surface area contributed by atoms with Gasteiger partial charge in [-0.2, -0.15) is 0 Å². The Morgan fingerprint density at radius 1 is 1.40 bits per heavy atom. The number of benzene rings is 1. The van der Waals surface area contributed by atoms with Gasteiger partial charge in [-0.15, -0.1) is 0 Å². The molecule has 0 spiro atoms. The minimum atomic E-state index is -0.176. The van der Waals surface area contributed by atoms with Crippen molar-refractivity contribution >= 4 is 0 Å². The van der Waals surface area contributed by atoms with Crippen LogP contribution in [-0.4, -0.2) is 5.54 Å². The lowest BCUT2D eigenvalue weighted by Crippen LogP contribution is -2.39. The molecule has 0 bridgehead atoms. The van der Waals surface area contributed by atoms with Crippen LogP contribution in [0.15, 0.2) is 24.3 Å². The standard InChI is InChI=1S/C13H18FN/c1-10-6-7-13(15,8-10)9-11-2-4-12(14)5-3-11/h2-5,10H,6-9,15H2,1H3. The predicted molar refractivity (Wildman–Crippen MR) is 60.0 cm³/mol. The first-order valence-corrected chi connectivity index (χ1v) is 5.61. The smallest absolute Gasteiger partial charge is 0.123 e. The minimum absolute atomic E-state index is 0.0583. The highest BCUT2D eigenvalue weighted by Crippen LogP contribution is 2.34. The quantitative estimate of drug-likeness (QED) is 0.792. The molecule has 0 aliphatic heterocycles. The fourth-order valence-corrected chi connectivity index (χ4v) is 2.60. The molecule has 0 aromatic heterocycles. The van der Waals surface area contributed by atoms with Crippen molar-refractivity contribution in [2.24, 2.45) is 11.7 Å². The van der Waals surface area contributed by atoms with Gasteiger partial charge >= 0.3 is 0 Å². The van der Waals surface area contributed by atoms with E-state index in [-0.39, 0.29) is 11.4 Å². The molecule has 2 heteroatoms. The van der Waals surface area contributed by atoms with E-state index in [9.17, 15) is 4.39 Å².